The minimum absolute atomic E-state index is 0.0694. The first-order chi connectivity index (χ1) is 12.7. The van der Waals surface area contributed by atoms with Crippen LogP contribution in [0.1, 0.15) is 23.2 Å². The number of anilines is 1. The monoisotopic (exact) mass is 354 g/mol. The van der Waals surface area contributed by atoms with Crippen molar-refractivity contribution in [2.24, 2.45) is 0 Å². The Bertz CT molecular complexity index is 742. The molecule has 2 N–H and O–H groups in total. The van der Waals surface area contributed by atoms with Crippen molar-refractivity contribution in [2.75, 3.05) is 25.1 Å². The number of para-hydroxylation sites is 2. The van der Waals surface area contributed by atoms with Crippen LogP contribution in [0.5, 0.6) is 5.75 Å². The molecule has 0 aliphatic carbocycles. The Labute approximate surface area is 152 Å². The lowest BCUT2D eigenvalue weighted by Gasteiger charge is -2.14. The Morgan fingerprint density at radius 2 is 1.85 bits per heavy atom. The fraction of sp³-hybridized carbons (Fsp3) is 0.300. The van der Waals surface area contributed by atoms with Gasteiger partial charge in [0.1, 0.15) is 5.75 Å². The summed E-state index contributed by atoms with van der Waals surface area (Å²) >= 11 is 0. The van der Waals surface area contributed by atoms with Crippen molar-refractivity contribution >= 4 is 17.5 Å². The molecule has 1 atom stereocenters. The van der Waals surface area contributed by atoms with Gasteiger partial charge in [-0.2, -0.15) is 0 Å². The van der Waals surface area contributed by atoms with Gasteiger partial charge in [-0.25, -0.2) is 0 Å². The smallest absolute Gasteiger partial charge is 0.262 e. The number of nitrogens with one attached hydrogen (secondary N) is 2. The largest absolute Gasteiger partial charge is 0.484 e. The van der Waals surface area contributed by atoms with E-state index in [1.54, 1.807) is 36.4 Å². The molecule has 2 aromatic rings. The normalized spacial score (nSPS) is 16.1. The Balaban J connectivity index is 1.55. The topological polar surface area (TPSA) is 76.7 Å². The molecule has 2 aromatic carbocycles. The van der Waals surface area contributed by atoms with E-state index in [0.717, 1.165) is 19.4 Å². The first-order valence-electron chi connectivity index (χ1n) is 8.69. The molecule has 1 aliphatic rings. The van der Waals surface area contributed by atoms with E-state index in [0.29, 0.717) is 23.5 Å². The van der Waals surface area contributed by atoms with Crippen LogP contribution in [0.4, 0.5) is 5.69 Å². The molecule has 1 unspecified atom stereocenters. The zero-order valence-corrected chi connectivity index (χ0v) is 14.4. The molecule has 0 saturated carbocycles. The first kappa shape index (κ1) is 17.9. The van der Waals surface area contributed by atoms with Crippen LogP contribution in [-0.4, -0.2) is 37.7 Å². The molecule has 3 rings (SSSR count). The number of carbonyl (C=O) groups excluding carboxylic acids is 2. The highest BCUT2D eigenvalue weighted by Gasteiger charge is 2.18. The molecular formula is C20H22N2O4. The predicted octanol–water partition coefficient (Wildman–Crippen LogP) is 2.61. The maximum atomic E-state index is 12.4. The van der Waals surface area contributed by atoms with Gasteiger partial charge < -0.3 is 20.1 Å². The van der Waals surface area contributed by atoms with Crippen LogP contribution in [0.25, 0.3) is 0 Å². The van der Waals surface area contributed by atoms with E-state index in [2.05, 4.69) is 10.6 Å². The Morgan fingerprint density at radius 1 is 1.08 bits per heavy atom. The molecule has 0 aromatic heterocycles. The van der Waals surface area contributed by atoms with E-state index in [9.17, 15) is 9.59 Å². The highest BCUT2D eigenvalue weighted by molar-refractivity contribution is 6.04. The van der Waals surface area contributed by atoms with Crippen molar-refractivity contribution in [1.82, 2.24) is 5.32 Å². The number of hydrogen-bond acceptors (Lipinski definition) is 4. The van der Waals surface area contributed by atoms with Gasteiger partial charge in [0.15, 0.2) is 6.61 Å². The molecule has 0 radical (unpaired) electrons. The summed E-state index contributed by atoms with van der Waals surface area (Å²) in [5.74, 6) is 0.0545. The second-order valence-corrected chi connectivity index (χ2v) is 6.04. The maximum absolute atomic E-state index is 12.4. The van der Waals surface area contributed by atoms with Crippen LogP contribution in [0.3, 0.4) is 0 Å². The summed E-state index contributed by atoms with van der Waals surface area (Å²) < 4.78 is 10.9. The molecular weight excluding hydrogens is 332 g/mol. The quantitative estimate of drug-likeness (QED) is 0.801. The predicted molar refractivity (Wildman–Crippen MR) is 98.3 cm³/mol. The van der Waals surface area contributed by atoms with Crippen LogP contribution in [0, 0.1) is 0 Å². The number of rotatable bonds is 7. The minimum atomic E-state index is -0.326. The minimum Gasteiger partial charge on any atom is -0.484 e. The third-order valence-electron chi connectivity index (χ3n) is 4.07. The fourth-order valence-electron chi connectivity index (χ4n) is 2.75. The van der Waals surface area contributed by atoms with Crippen molar-refractivity contribution < 1.29 is 19.1 Å². The van der Waals surface area contributed by atoms with E-state index < -0.39 is 0 Å². The van der Waals surface area contributed by atoms with Gasteiger partial charge in [0.25, 0.3) is 11.8 Å². The van der Waals surface area contributed by atoms with Gasteiger partial charge in [-0.1, -0.05) is 30.3 Å². The molecule has 1 fully saturated rings. The van der Waals surface area contributed by atoms with Gasteiger partial charge in [-0.3, -0.25) is 9.59 Å². The van der Waals surface area contributed by atoms with Crippen molar-refractivity contribution in [3.8, 4) is 5.75 Å². The van der Waals surface area contributed by atoms with Crippen molar-refractivity contribution in [3.05, 3.63) is 60.2 Å². The van der Waals surface area contributed by atoms with Crippen molar-refractivity contribution in [3.63, 3.8) is 0 Å². The lowest BCUT2D eigenvalue weighted by atomic mass is 10.1. The van der Waals surface area contributed by atoms with E-state index in [4.69, 9.17) is 9.47 Å². The van der Waals surface area contributed by atoms with Gasteiger partial charge in [-0.05, 0) is 37.1 Å². The molecule has 1 saturated heterocycles. The maximum Gasteiger partial charge on any atom is 0.262 e. The summed E-state index contributed by atoms with van der Waals surface area (Å²) in [5.41, 5.74) is 0.873. The molecule has 6 nitrogen and oxygen atoms in total. The van der Waals surface area contributed by atoms with Crippen molar-refractivity contribution in [1.29, 1.82) is 0 Å². The molecule has 0 spiro atoms. The summed E-state index contributed by atoms with van der Waals surface area (Å²) in [4.78, 5) is 24.6. The number of benzene rings is 2. The lowest BCUT2D eigenvalue weighted by Crippen LogP contribution is -2.32. The number of amides is 2. The SMILES string of the molecule is O=C(COc1ccccc1)Nc1ccccc1C(=O)NCC1CCCO1. The molecule has 0 bridgehead atoms. The fourth-order valence-corrected chi connectivity index (χ4v) is 2.75. The van der Waals surface area contributed by atoms with Gasteiger partial charge >= 0.3 is 0 Å². The average Bonchev–Trinajstić information content (AvgIpc) is 3.19. The second kappa shape index (κ2) is 9.01. The van der Waals surface area contributed by atoms with Gasteiger partial charge in [0.05, 0.1) is 17.4 Å². The molecule has 6 heteroatoms. The van der Waals surface area contributed by atoms with Crippen LogP contribution in [0.2, 0.25) is 0 Å². The molecule has 2 amide bonds. The van der Waals surface area contributed by atoms with E-state index in [1.165, 1.54) is 0 Å². The van der Waals surface area contributed by atoms with Crippen LogP contribution >= 0.6 is 0 Å². The number of ether oxygens (including phenoxy) is 2. The summed E-state index contributed by atoms with van der Waals surface area (Å²) in [6.07, 6.45) is 2.05. The third kappa shape index (κ3) is 5.07. The average molecular weight is 354 g/mol. The highest BCUT2D eigenvalue weighted by Crippen LogP contribution is 2.16. The van der Waals surface area contributed by atoms with E-state index in [1.807, 2.05) is 18.2 Å². The first-order valence-corrected chi connectivity index (χ1v) is 8.69. The summed E-state index contributed by atoms with van der Waals surface area (Å²) in [7, 11) is 0. The van der Waals surface area contributed by atoms with Gasteiger partial charge in [0, 0.05) is 13.2 Å². The zero-order chi connectivity index (χ0) is 18.2. The summed E-state index contributed by atoms with van der Waals surface area (Å²) in [6.45, 7) is 1.09. The summed E-state index contributed by atoms with van der Waals surface area (Å²) in [6, 6.07) is 16.0. The standard InChI is InChI=1S/C20H22N2O4/c23-19(14-26-15-7-2-1-3-8-15)22-18-11-5-4-10-17(18)20(24)21-13-16-9-6-12-25-16/h1-5,7-8,10-11,16H,6,9,12-14H2,(H,21,24)(H,22,23). The lowest BCUT2D eigenvalue weighted by molar-refractivity contribution is -0.118. The van der Waals surface area contributed by atoms with Crippen molar-refractivity contribution in [2.45, 2.75) is 18.9 Å². The Morgan fingerprint density at radius 3 is 2.62 bits per heavy atom. The third-order valence-corrected chi connectivity index (χ3v) is 4.07. The highest BCUT2D eigenvalue weighted by atomic mass is 16.5. The Hall–Kier alpha value is -2.86. The van der Waals surface area contributed by atoms with Crippen LogP contribution in [0.15, 0.2) is 54.6 Å². The van der Waals surface area contributed by atoms with Crippen LogP contribution < -0.4 is 15.4 Å². The molecule has 1 heterocycles. The van der Waals surface area contributed by atoms with Gasteiger partial charge in [0.2, 0.25) is 0 Å². The molecule has 1 aliphatic heterocycles. The molecule has 136 valence electrons. The van der Waals surface area contributed by atoms with E-state index in [-0.39, 0.29) is 24.5 Å². The summed E-state index contributed by atoms with van der Waals surface area (Å²) in [5, 5.41) is 5.60. The Kier molecular flexibility index (Phi) is 6.22. The van der Waals surface area contributed by atoms with Crippen LogP contribution in [-0.2, 0) is 9.53 Å². The van der Waals surface area contributed by atoms with Gasteiger partial charge in [-0.15, -0.1) is 0 Å². The second-order valence-electron chi connectivity index (χ2n) is 6.04. The van der Waals surface area contributed by atoms with E-state index >= 15 is 0 Å². The number of hydrogen-bond donors (Lipinski definition) is 2. The zero-order valence-electron chi connectivity index (χ0n) is 14.4. The number of carbonyl (C=O) groups is 2. The molecule has 26 heavy (non-hydrogen) atoms.